The molecule has 0 saturated heterocycles. The molecule has 0 saturated carbocycles. The van der Waals surface area contributed by atoms with Gasteiger partial charge in [-0.1, -0.05) is 29.8 Å². The second-order valence-corrected chi connectivity index (χ2v) is 5.87. The highest BCUT2D eigenvalue weighted by atomic mass is 16.6. The number of ether oxygens (including phenoxy) is 1. The first-order valence-electron chi connectivity index (χ1n) is 8.38. The SMILES string of the molecule is COc1ccc(C)cc1CCNC(=O)CCNc1ccccc1[N+](=O)[O-]. The molecule has 2 aromatic carbocycles. The Morgan fingerprint density at radius 3 is 2.69 bits per heavy atom. The van der Waals surface area contributed by atoms with Crippen LogP contribution in [-0.2, 0) is 11.2 Å². The number of benzene rings is 2. The maximum absolute atomic E-state index is 11.9. The molecule has 2 rings (SSSR count). The van der Waals surface area contributed by atoms with Crippen LogP contribution in [0.15, 0.2) is 42.5 Å². The quantitative estimate of drug-likeness (QED) is 0.531. The third-order valence-corrected chi connectivity index (χ3v) is 3.92. The van der Waals surface area contributed by atoms with Crippen LogP contribution in [0.5, 0.6) is 5.75 Å². The molecule has 0 aliphatic rings. The molecule has 0 radical (unpaired) electrons. The number of rotatable bonds is 9. The topological polar surface area (TPSA) is 93.5 Å². The highest BCUT2D eigenvalue weighted by Gasteiger charge is 2.12. The summed E-state index contributed by atoms with van der Waals surface area (Å²) in [5.41, 5.74) is 2.60. The highest BCUT2D eigenvalue weighted by molar-refractivity contribution is 5.76. The Bertz CT molecular complexity index is 777. The number of nitro benzene ring substituents is 1. The minimum absolute atomic E-state index is 0.000509. The van der Waals surface area contributed by atoms with Crippen LogP contribution in [-0.4, -0.2) is 31.0 Å². The van der Waals surface area contributed by atoms with Gasteiger partial charge in [-0.3, -0.25) is 14.9 Å². The van der Waals surface area contributed by atoms with Crippen molar-refractivity contribution in [2.24, 2.45) is 0 Å². The van der Waals surface area contributed by atoms with Crippen LogP contribution in [0, 0.1) is 17.0 Å². The average molecular weight is 357 g/mol. The second kappa shape index (κ2) is 9.41. The zero-order chi connectivity index (χ0) is 18.9. The number of methoxy groups -OCH3 is 1. The van der Waals surface area contributed by atoms with E-state index < -0.39 is 4.92 Å². The van der Waals surface area contributed by atoms with Crippen molar-refractivity contribution in [1.29, 1.82) is 0 Å². The van der Waals surface area contributed by atoms with Crippen molar-refractivity contribution in [2.45, 2.75) is 19.8 Å². The van der Waals surface area contributed by atoms with E-state index in [4.69, 9.17) is 4.74 Å². The van der Waals surface area contributed by atoms with Crippen molar-refractivity contribution in [1.82, 2.24) is 5.32 Å². The molecule has 0 heterocycles. The molecule has 138 valence electrons. The lowest BCUT2D eigenvalue weighted by atomic mass is 10.1. The Kier molecular flexibility index (Phi) is 6.96. The van der Waals surface area contributed by atoms with E-state index in [9.17, 15) is 14.9 Å². The standard InChI is InChI=1S/C19H23N3O4/c1-14-7-8-18(26-2)15(13-14)9-11-21-19(23)10-12-20-16-5-3-4-6-17(16)22(24)25/h3-8,13,20H,9-12H2,1-2H3,(H,21,23). The monoisotopic (exact) mass is 357 g/mol. The number of carbonyl (C=O) groups excluding carboxylic acids is 1. The fraction of sp³-hybridized carbons (Fsp3) is 0.316. The van der Waals surface area contributed by atoms with Gasteiger partial charge in [0.05, 0.1) is 12.0 Å². The molecule has 2 aromatic rings. The molecule has 2 N–H and O–H groups in total. The van der Waals surface area contributed by atoms with Crippen LogP contribution in [0.3, 0.4) is 0 Å². The number of carbonyl (C=O) groups is 1. The molecule has 7 nitrogen and oxygen atoms in total. The summed E-state index contributed by atoms with van der Waals surface area (Å²) < 4.78 is 5.32. The van der Waals surface area contributed by atoms with Gasteiger partial charge in [0.25, 0.3) is 5.69 Å². The Labute approximate surface area is 152 Å². The lowest BCUT2D eigenvalue weighted by Crippen LogP contribution is -2.27. The number of hydrogen-bond acceptors (Lipinski definition) is 5. The first kappa shape index (κ1) is 19.2. The lowest BCUT2D eigenvalue weighted by molar-refractivity contribution is -0.384. The van der Waals surface area contributed by atoms with Gasteiger partial charge in [-0.15, -0.1) is 0 Å². The van der Waals surface area contributed by atoms with Crippen molar-refractivity contribution in [2.75, 3.05) is 25.5 Å². The van der Waals surface area contributed by atoms with Gasteiger partial charge >= 0.3 is 0 Å². The van der Waals surface area contributed by atoms with E-state index in [0.717, 1.165) is 16.9 Å². The number of amides is 1. The molecule has 0 atom stereocenters. The van der Waals surface area contributed by atoms with Crippen LogP contribution in [0.2, 0.25) is 0 Å². The molecular formula is C19H23N3O4. The summed E-state index contributed by atoms with van der Waals surface area (Å²) in [6.45, 7) is 2.84. The number of aryl methyl sites for hydroxylation is 1. The number of nitrogens with zero attached hydrogens (tertiary/aromatic N) is 1. The molecule has 0 fully saturated rings. The lowest BCUT2D eigenvalue weighted by Gasteiger charge is -2.11. The van der Waals surface area contributed by atoms with Crippen LogP contribution < -0.4 is 15.4 Å². The van der Waals surface area contributed by atoms with Gasteiger partial charge in [0, 0.05) is 25.6 Å². The Morgan fingerprint density at radius 2 is 1.96 bits per heavy atom. The van der Waals surface area contributed by atoms with E-state index in [2.05, 4.69) is 10.6 Å². The smallest absolute Gasteiger partial charge is 0.292 e. The Hall–Kier alpha value is -3.09. The summed E-state index contributed by atoms with van der Waals surface area (Å²) in [6.07, 6.45) is 0.908. The first-order valence-corrected chi connectivity index (χ1v) is 8.38. The molecule has 0 unspecified atom stereocenters. The molecule has 0 aliphatic carbocycles. The van der Waals surface area contributed by atoms with E-state index >= 15 is 0 Å². The van der Waals surface area contributed by atoms with Crippen molar-refractivity contribution in [3.8, 4) is 5.75 Å². The summed E-state index contributed by atoms with van der Waals surface area (Å²) >= 11 is 0. The molecule has 0 aliphatic heterocycles. The van der Waals surface area contributed by atoms with Gasteiger partial charge in [-0.25, -0.2) is 0 Å². The number of nitro groups is 1. The van der Waals surface area contributed by atoms with E-state index in [1.807, 2.05) is 25.1 Å². The van der Waals surface area contributed by atoms with E-state index in [1.165, 1.54) is 6.07 Å². The van der Waals surface area contributed by atoms with Gasteiger partial charge in [0.15, 0.2) is 0 Å². The summed E-state index contributed by atoms with van der Waals surface area (Å²) in [7, 11) is 1.63. The van der Waals surface area contributed by atoms with Crippen molar-refractivity contribution in [3.05, 3.63) is 63.7 Å². The summed E-state index contributed by atoms with van der Waals surface area (Å²) in [6, 6.07) is 12.3. The Morgan fingerprint density at radius 1 is 1.19 bits per heavy atom. The van der Waals surface area contributed by atoms with Crippen LogP contribution in [0.4, 0.5) is 11.4 Å². The second-order valence-electron chi connectivity index (χ2n) is 5.87. The zero-order valence-corrected chi connectivity index (χ0v) is 15.0. The predicted molar refractivity (Wildman–Crippen MR) is 101 cm³/mol. The highest BCUT2D eigenvalue weighted by Crippen LogP contribution is 2.23. The van der Waals surface area contributed by atoms with Crippen LogP contribution >= 0.6 is 0 Å². The van der Waals surface area contributed by atoms with E-state index in [0.29, 0.717) is 25.2 Å². The number of para-hydroxylation sites is 2. The molecule has 1 amide bonds. The maximum Gasteiger partial charge on any atom is 0.292 e. The van der Waals surface area contributed by atoms with E-state index in [1.54, 1.807) is 25.3 Å². The molecule has 0 bridgehead atoms. The van der Waals surface area contributed by atoms with Crippen LogP contribution in [0.25, 0.3) is 0 Å². The summed E-state index contributed by atoms with van der Waals surface area (Å²) in [4.78, 5) is 22.4. The normalized spacial score (nSPS) is 10.2. The molecule has 0 spiro atoms. The molecule has 26 heavy (non-hydrogen) atoms. The van der Waals surface area contributed by atoms with E-state index in [-0.39, 0.29) is 18.0 Å². The summed E-state index contributed by atoms with van der Waals surface area (Å²) in [5, 5.41) is 16.7. The number of nitrogens with one attached hydrogen (secondary N) is 2. The zero-order valence-electron chi connectivity index (χ0n) is 15.0. The minimum atomic E-state index is -0.447. The number of anilines is 1. The summed E-state index contributed by atoms with van der Waals surface area (Å²) in [5.74, 6) is 0.700. The van der Waals surface area contributed by atoms with Gasteiger partial charge in [-0.05, 0) is 31.0 Å². The van der Waals surface area contributed by atoms with Crippen molar-refractivity contribution < 1.29 is 14.5 Å². The third kappa shape index (κ3) is 5.47. The number of hydrogen-bond donors (Lipinski definition) is 2. The minimum Gasteiger partial charge on any atom is -0.496 e. The maximum atomic E-state index is 11.9. The van der Waals surface area contributed by atoms with Crippen molar-refractivity contribution in [3.63, 3.8) is 0 Å². The van der Waals surface area contributed by atoms with Crippen molar-refractivity contribution >= 4 is 17.3 Å². The first-order chi connectivity index (χ1) is 12.5. The third-order valence-electron chi connectivity index (χ3n) is 3.92. The molecule has 0 aromatic heterocycles. The average Bonchev–Trinajstić information content (AvgIpc) is 2.62. The predicted octanol–water partition coefficient (Wildman–Crippen LogP) is 3.07. The Balaban J connectivity index is 1.76. The largest absolute Gasteiger partial charge is 0.496 e. The fourth-order valence-corrected chi connectivity index (χ4v) is 2.62. The van der Waals surface area contributed by atoms with Gasteiger partial charge in [0.1, 0.15) is 11.4 Å². The molecular weight excluding hydrogens is 334 g/mol. The van der Waals surface area contributed by atoms with Gasteiger partial charge < -0.3 is 15.4 Å². The molecule has 7 heteroatoms. The van der Waals surface area contributed by atoms with Gasteiger partial charge in [-0.2, -0.15) is 0 Å². The van der Waals surface area contributed by atoms with Crippen LogP contribution in [0.1, 0.15) is 17.5 Å². The fourth-order valence-electron chi connectivity index (χ4n) is 2.62. The van der Waals surface area contributed by atoms with Gasteiger partial charge in [0.2, 0.25) is 5.91 Å².